The summed E-state index contributed by atoms with van der Waals surface area (Å²) in [5.41, 5.74) is 3.61. The molecule has 0 atom stereocenters. The van der Waals surface area contributed by atoms with E-state index in [9.17, 15) is 14.3 Å². The number of rotatable bonds is 10. The molecular formula is C33H36FN3O5Si. The second-order valence-corrected chi connectivity index (χ2v) is 17.4. The average Bonchev–Trinajstić information content (AvgIpc) is 3.27. The summed E-state index contributed by atoms with van der Waals surface area (Å²) in [7, 11) is 1.93. The van der Waals surface area contributed by atoms with Gasteiger partial charge < -0.3 is 23.9 Å². The van der Waals surface area contributed by atoms with Crippen LogP contribution in [0.5, 0.6) is 17.4 Å². The number of pyridine rings is 1. The van der Waals surface area contributed by atoms with Crippen LogP contribution in [0, 0.1) is 5.82 Å². The number of nitrogens with zero attached hydrogens (tertiary/aromatic N) is 2. The highest BCUT2D eigenvalue weighted by atomic mass is 28.3. The van der Waals surface area contributed by atoms with Gasteiger partial charge in [0.25, 0.3) is 0 Å². The van der Waals surface area contributed by atoms with Gasteiger partial charge in [0.15, 0.2) is 5.75 Å². The van der Waals surface area contributed by atoms with Crippen molar-refractivity contribution in [1.82, 2.24) is 9.55 Å². The number of ether oxygens (including phenoxy) is 3. The molecule has 0 saturated carbocycles. The van der Waals surface area contributed by atoms with Crippen LogP contribution in [-0.4, -0.2) is 42.5 Å². The van der Waals surface area contributed by atoms with Crippen LogP contribution in [0.2, 0.25) is 25.7 Å². The first-order chi connectivity index (χ1) is 20.5. The summed E-state index contributed by atoms with van der Waals surface area (Å²) in [6, 6.07) is 16.6. The summed E-state index contributed by atoms with van der Waals surface area (Å²) < 4.78 is 32.3. The quantitative estimate of drug-likeness (QED) is 0.160. The smallest absolute Gasteiger partial charge is 0.411 e. The Morgan fingerprint density at radius 1 is 1.02 bits per heavy atom. The van der Waals surface area contributed by atoms with Crippen LogP contribution in [0.1, 0.15) is 16.7 Å². The molecule has 2 N–H and O–H groups in total. The molecule has 0 unspecified atom stereocenters. The molecule has 5 aromatic rings. The number of methoxy groups -OCH3 is 1. The Balaban J connectivity index is 1.59. The maximum atomic E-state index is 13.5. The Labute approximate surface area is 251 Å². The minimum absolute atomic E-state index is 0.0195. The number of aromatic nitrogens is 2. The summed E-state index contributed by atoms with van der Waals surface area (Å²) in [6.07, 6.45) is 3.39. The van der Waals surface area contributed by atoms with Gasteiger partial charge in [0, 0.05) is 38.3 Å². The standard InChI is InChI=1S/C33H36FN3O5Si/c1-37-19-27-28(32(37)38)31(42-20-22-8-12-25(40-2)13-9-22)30-26(29(27)36-33(39)41-14-15-43(3,4)5)17-23(18-35-30)16-21-6-10-24(34)11-7-21/h6-13,17-19,38H,14-16,20H2,1-5H3,(H,36,39). The van der Waals surface area contributed by atoms with E-state index in [0.29, 0.717) is 46.1 Å². The van der Waals surface area contributed by atoms with Crippen molar-refractivity contribution in [3.8, 4) is 17.4 Å². The fourth-order valence-corrected chi connectivity index (χ4v) is 5.56. The molecular weight excluding hydrogens is 565 g/mol. The number of hydrogen-bond acceptors (Lipinski definition) is 6. The molecule has 8 nitrogen and oxygen atoms in total. The van der Waals surface area contributed by atoms with E-state index >= 15 is 0 Å². The number of carbonyl (C=O) groups excluding carboxylic acids is 1. The topological polar surface area (TPSA) is 94.8 Å². The molecule has 10 heteroatoms. The molecule has 0 saturated heterocycles. The summed E-state index contributed by atoms with van der Waals surface area (Å²) in [6.45, 7) is 7.19. The fourth-order valence-electron chi connectivity index (χ4n) is 4.85. The lowest BCUT2D eigenvalue weighted by Crippen LogP contribution is -2.24. The normalized spacial score (nSPS) is 11.6. The Hall–Kier alpha value is -4.57. The van der Waals surface area contributed by atoms with Crippen molar-refractivity contribution in [2.45, 2.75) is 38.7 Å². The van der Waals surface area contributed by atoms with Gasteiger partial charge in [-0.15, -0.1) is 0 Å². The highest BCUT2D eigenvalue weighted by Gasteiger charge is 2.24. The molecule has 1 amide bonds. The number of aryl methyl sites for hydroxylation is 1. The highest BCUT2D eigenvalue weighted by molar-refractivity contribution is 6.76. The molecule has 0 aliphatic carbocycles. The zero-order valence-electron chi connectivity index (χ0n) is 25.0. The number of anilines is 1. The summed E-state index contributed by atoms with van der Waals surface area (Å²) in [4.78, 5) is 17.8. The van der Waals surface area contributed by atoms with Gasteiger partial charge in [0.2, 0.25) is 5.88 Å². The minimum Gasteiger partial charge on any atom is -0.497 e. The molecule has 2 heterocycles. The van der Waals surface area contributed by atoms with E-state index in [0.717, 1.165) is 28.5 Å². The Morgan fingerprint density at radius 3 is 2.40 bits per heavy atom. The molecule has 224 valence electrons. The van der Waals surface area contributed by atoms with Gasteiger partial charge in [-0.05, 0) is 59.5 Å². The SMILES string of the molecule is COc1ccc(COc2c3ncc(Cc4ccc(F)cc4)cc3c(NC(=O)OCC[Si](C)(C)C)c3cn(C)c(O)c23)cc1. The highest BCUT2D eigenvalue weighted by Crippen LogP contribution is 2.46. The maximum Gasteiger partial charge on any atom is 0.411 e. The number of halogens is 1. The first-order valence-electron chi connectivity index (χ1n) is 14.1. The van der Waals surface area contributed by atoms with Crippen LogP contribution < -0.4 is 14.8 Å². The van der Waals surface area contributed by atoms with E-state index in [4.69, 9.17) is 19.2 Å². The lowest BCUT2D eigenvalue weighted by Gasteiger charge is -2.18. The third kappa shape index (κ3) is 6.91. The van der Waals surface area contributed by atoms with Crippen molar-refractivity contribution in [1.29, 1.82) is 0 Å². The van der Waals surface area contributed by atoms with Gasteiger partial charge >= 0.3 is 6.09 Å². The number of amides is 1. The van der Waals surface area contributed by atoms with Crippen molar-refractivity contribution in [3.05, 3.63) is 89.5 Å². The van der Waals surface area contributed by atoms with Crippen molar-refractivity contribution in [3.63, 3.8) is 0 Å². The number of carbonyl (C=O) groups is 1. The van der Waals surface area contributed by atoms with E-state index in [-0.39, 0.29) is 18.3 Å². The molecule has 3 aromatic carbocycles. The zero-order valence-corrected chi connectivity index (χ0v) is 26.0. The zero-order chi connectivity index (χ0) is 30.7. The van der Waals surface area contributed by atoms with Crippen molar-refractivity contribution < 1.29 is 28.5 Å². The van der Waals surface area contributed by atoms with E-state index in [1.807, 2.05) is 30.3 Å². The molecule has 5 rings (SSSR count). The van der Waals surface area contributed by atoms with Gasteiger partial charge in [0.1, 0.15) is 23.7 Å². The summed E-state index contributed by atoms with van der Waals surface area (Å²) >= 11 is 0. The van der Waals surface area contributed by atoms with Crippen LogP contribution in [0.25, 0.3) is 21.7 Å². The molecule has 0 aliphatic rings. The Bertz CT molecular complexity index is 1760. The molecule has 43 heavy (non-hydrogen) atoms. The number of aromatic hydroxyl groups is 1. The average molecular weight is 602 g/mol. The first kappa shape index (κ1) is 29.9. The lowest BCUT2D eigenvalue weighted by molar-refractivity contribution is 0.167. The molecule has 0 aliphatic heterocycles. The van der Waals surface area contributed by atoms with Crippen molar-refractivity contribution >= 4 is 41.5 Å². The predicted molar refractivity (Wildman–Crippen MR) is 170 cm³/mol. The Kier molecular flexibility index (Phi) is 8.58. The van der Waals surface area contributed by atoms with Gasteiger partial charge in [0.05, 0.1) is 24.8 Å². The number of nitrogens with one attached hydrogen (secondary N) is 1. The van der Waals surface area contributed by atoms with Crippen LogP contribution in [0.15, 0.2) is 67.0 Å². The molecule has 0 fully saturated rings. The minimum atomic E-state index is -1.40. The van der Waals surface area contributed by atoms with Gasteiger partial charge in [-0.2, -0.15) is 0 Å². The van der Waals surface area contributed by atoms with Crippen molar-refractivity contribution in [2.75, 3.05) is 19.0 Å². The summed E-state index contributed by atoms with van der Waals surface area (Å²) in [5, 5.41) is 15.7. The molecule has 0 spiro atoms. The Morgan fingerprint density at radius 2 is 1.72 bits per heavy atom. The predicted octanol–water partition coefficient (Wildman–Crippen LogP) is 7.64. The van der Waals surface area contributed by atoms with Gasteiger partial charge in [-0.1, -0.05) is 43.9 Å². The molecule has 0 bridgehead atoms. The largest absolute Gasteiger partial charge is 0.497 e. The maximum absolute atomic E-state index is 13.5. The third-order valence-corrected chi connectivity index (χ3v) is 8.96. The van der Waals surface area contributed by atoms with Crippen LogP contribution in [-0.2, 0) is 24.8 Å². The number of fused-ring (bicyclic) bond motifs is 2. The van der Waals surface area contributed by atoms with E-state index in [2.05, 4.69) is 25.0 Å². The van der Waals surface area contributed by atoms with Gasteiger partial charge in [-0.25, -0.2) is 9.18 Å². The molecule has 2 aromatic heterocycles. The third-order valence-electron chi connectivity index (χ3n) is 7.25. The summed E-state index contributed by atoms with van der Waals surface area (Å²) in [5.74, 6) is 0.808. The second kappa shape index (κ2) is 12.3. The number of hydrogen-bond donors (Lipinski definition) is 2. The first-order valence-corrected chi connectivity index (χ1v) is 17.8. The van der Waals surface area contributed by atoms with Gasteiger partial charge in [-0.3, -0.25) is 10.3 Å². The van der Waals surface area contributed by atoms with E-state index < -0.39 is 14.2 Å². The van der Waals surface area contributed by atoms with E-state index in [1.165, 1.54) is 12.1 Å². The second-order valence-electron chi connectivity index (χ2n) is 11.8. The van der Waals surface area contributed by atoms with Crippen LogP contribution in [0.3, 0.4) is 0 Å². The fraction of sp³-hybridized carbons (Fsp3) is 0.273. The van der Waals surface area contributed by atoms with E-state index in [1.54, 1.807) is 43.3 Å². The van der Waals surface area contributed by atoms with Crippen molar-refractivity contribution in [2.24, 2.45) is 7.05 Å². The monoisotopic (exact) mass is 601 g/mol. The number of benzene rings is 3. The van der Waals surface area contributed by atoms with Crippen LogP contribution >= 0.6 is 0 Å². The molecule has 0 radical (unpaired) electrons. The lowest BCUT2D eigenvalue weighted by atomic mass is 10.0. The van der Waals surface area contributed by atoms with Crippen LogP contribution in [0.4, 0.5) is 14.9 Å².